The topological polar surface area (TPSA) is 80.4 Å². The highest BCUT2D eigenvalue weighted by molar-refractivity contribution is 5.81. The fourth-order valence-electron chi connectivity index (χ4n) is 4.54. The van der Waals surface area contributed by atoms with Crippen LogP contribution >= 0.6 is 0 Å². The van der Waals surface area contributed by atoms with Crippen LogP contribution in [-0.4, -0.2) is 69.8 Å². The summed E-state index contributed by atoms with van der Waals surface area (Å²) in [6, 6.07) is 10.9. The van der Waals surface area contributed by atoms with E-state index in [1.165, 1.54) is 0 Å². The first-order valence-electron chi connectivity index (χ1n) is 10.7. The van der Waals surface area contributed by atoms with Crippen molar-refractivity contribution >= 4 is 28.1 Å². The van der Waals surface area contributed by atoms with E-state index in [2.05, 4.69) is 26.7 Å². The number of fused-ring (bicyclic) bond motifs is 2. The van der Waals surface area contributed by atoms with Crippen LogP contribution in [0.2, 0.25) is 0 Å². The predicted molar refractivity (Wildman–Crippen MR) is 118 cm³/mol. The molecule has 3 aromatic heterocycles. The largest absolute Gasteiger partial charge is 0.441 e. The first-order valence-corrected chi connectivity index (χ1v) is 10.7. The Bertz CT molecular complexity index is 1270. The van der Waals surface area contributed by atoms with Gasteiger partial charge in [-0.05, 0) is 37.3 Å². The van der Waals surface area contributed by atoms with E-state index in [-0.39, 0.29) is 0 Å². The van der Waals surface area contributed by atoms with Crippen molar-refractivity contribution in [3.05, 3.63) is 42.4 Å². The van der Waals surface area contributed by atoms with Crippen LogP contribution < -0.4 is 4.90 Å². The highest BCUT2D eigenvalue weighted by Gasteiger charge is 2.36. The van der Waals surface area contributed by atoms with Gasteiger partial charge in [-0.1, -0.05) is 0 Å². The van der Waals surface area contributed by atoms with Crippen LogP contribution in [0.5, 0.6) is 0 Å². The number of pyridine rings is 1. The van der Waals surface area contributed by atoms with E-state index in [0.29, 0.717) is 23.6 Å². The van der Waals surface area contributed by atoms with Gasteiger partial charge >= 0.3 is 0 Å². The summed E-state index contributed by atoms with van der Waals surface area (Å²) in [7, 11) is 0. The zero-order chi connectivity index (χ0) is 20.9. The van der Waals surface area contributed by atoms with E-state index < -0.39 is 0 Å². The van der Waals surface area contributed by atoms with Crippen molar-refractivity contribution < 1.29 is 9.15 Å². The first kappa shape index (κ1) is 18.7. The van der Waals surface area contributed by atoms with Gasteiger partial charge in [-0.15, -0.1) is 0 Å². The molecule has 0 spiro atoms. The third-order valence-electron chi connectivity index (χ3n) is 6.26. The molecule has 2 aliphatic heterocycles. The fourth-order valence-corrected chi connectivity index (χ4v) is 4.54. The number of rotatable bonds is 3. The number of hydrogen-bond donors (Lipinski definition) is 0. The van der Waals surface area contributed by atoms with E-state index in [1.807, 2.05) is 43.5 Å². The minimum absolute atomic E-state index is 0.471. The van der Waals surface area contributed by atoms with Crippen LogP contribution in [0.1, 0.15) is 12.8 Å². The van der Waals surface area contributed by atoms with Crippen LogP contribution in [-0.2, 0) is 4.74 Å². The van der Waals surface area contributed by atoms with Crippen molar-refractivity contribution in [3.8, 4) is 11.3 Å². The average Bonchev–Trinajstić information content (AvgIpc) is 3.12. The normalized spacial score (nSPS) is 20.5. The summed E-state index contributed by atoms with van der Waals surface area (Å²) >= 11 is 0. The second kappa shape index (κ2) is 7.25. The Morgan fingerprint density at radius 2 is 1.94 bits per heavy atom. The lowest BCUT2D eigenvalue weighted by atomic mass is 10.0. The summed E-state index contributed by atoms with van der Waals surface area (Å²) in [4.78, 5) is 23.5. The lowest BCUT2D eigenvalue weighted by Crippen LogP contribution is -2.64. The Morgan fingerprint density at radius 3 is 2.81 bits per heavy atom. The number of nitrogens with zero attached hydrogens (tertiary/aromatic N) is 6. The maximum atomic E-state index is 5.58. The standard InChI is InChI=1S/C23H24N6O2/c1-14-13-30-8-7-29(14)17-11-28(12-17)22-10-24-19-5-4-18(26-23(19)27-22)16-3-6-21-20(9-16)25-15(2)31-21/h3-6,9-10,14,17H,7-8,11-13H2,1-2H3/t14-/m0/s1. The molecule has 8 nitrogen and oxygen atoms in total. The van der Waals surface area contributed by atoms with Gasteiger partial charge < -0.3 is 14.1 Å². The summed E-state index contributed by atoms with van der Waals surface area (Å²) in [6.45, 7) is 8.66. The highest BCUT2D eigenvalue weighted by Crippen LogP contribution is 2.27. The second-order valence-electron chi connectivity index (χ2n) is 8.40. The quantitative estimate of drug-likeness (QED) is 0.504. The third-order valence-corrected chi connectivity index (χ3v) is 6.26. The van der Waals surface area contributed by atoms with Gasteiger partial charge in [-0.3, -0.25) is 4.90 Å². The smallest absolute Gasteiger partial charge is 0.192 e. The minimum atomic E-state index is 0.471. The van der Waals surface area contributed by atoms with Crippen LogP contribution in [0.15, 0.2) is 40.9 Å². The van der Waals surface area contributed by atoms with Crippen molar-refractivity contribution in [1.82, 2.24) is 24.8 Å². The summed E-state index contributed by atoms with van der Waals surface area (Å²) < 4.78 is 11.1. The number of hydrogen-bond acceptors (Lipinski definition) is 8. The Hall–Kier alpha value is -3.10. The molecule has 1 aromatic carbocycles. The molecule has 0 aliphatic carbocycles. The van der Waals surface area contributed by atoms with Crippen molar-refractivity contribution in [2.75, 3.05) is 37.7 Å². The molecule has 0 radical (unpaired) electrons. The molecule has 5 heterocycles. The van der Waals surface area contributed by atoms with Gasteiger partial charge in [0.15, 0.2) is 17.1 Å². The molecule has 6 rings (SSSR count). The summed E-state index contributed by atoms with van der Waals surface area (Å²) in [5, 5.41) is 0. The molecule has 2 saturated heterocycles. The number of benzene rings is 1. The molecular formula is C23H24N6O2. The molecular weight excluding hydrogens is 392 g/mol. The van der Waals surface area contributed by atoms with Gasteiger partial charge in [0.05, 0.1) is 25.1 Å². The van der Waals surface area contributed by atoms with Gasteiger partial charge in [0, 0.05) is 44.2 Å². The molecule has 0 bridgehead atoms. The maximum absolute atomic E-state index is 5.58. The molecule has 0 N–H and O–H groups in total. The number of morpholine rings is 1. The highest BCUT2D eigenvalue weighted by atomic mass is 16.5. The van der Waals surface area contributed by atoms with E-state index in [0.717, 1.165) is 66.5 Å². The fraction of sp³-hybridized carbons (Fsp3) is 0.391. The lowest BCUT2D eigenvalue weighted by Gasteiger charge is -2.49. The van der Waals surface area contributed by atoms with Crippen molar-refractivity contribution in [3.63, 3.8) is 0 Å². The number of ether oxygens (including phenoxy) is 1. The number of aryl methyl sites for hydroxylation is 1. The van der Waals surface area contributed by atoms with Gasteiger partial charge in [-0.25, -0.2) is 19.9 Å². The van der Waals surface area contributed by atoms with Gasteiger partial charge in [0.1, 0.15) is 16.9 Å². The molecule has 2 fully saturated rings. The van der Waals surface area contributed by atoms with Crippen LogP contribution in [0.3, 0.4) is 0 Å². The van der Waals surface area contributed by atoms with Crippen molar-refractivity contribution in [2.24, 2.45) is 0 Å². The van der Waals surface area contributed by atoms with E-state index in [1.54, 1.807) is 0 Å². The monoisotopic (exact) mass is 416 g/mol. The van der Waals surface area contributed by atoms with E-state index in [4.69, 9.17) is 19.1 Å². The average molecular weight is 416 g/mol. The molecule has 2 aliphatic rings. The number of oxazole rings is 1. The zero-order valence-electron chi connectivity index (χ0n) is 17.7. The van der Waals surface area contributed by atoms with Crippen LogP contribution in [0.4, 0.5) is 5.82 Å². The molecule has 1 atom stereocenters. The third kappa shape index (κ3) is 3.32. The second-order valence-corrected chi connectivity index (χ2v) is 8.40. The molecule has 4 aromatic rings. The van der Waals surface area contributed by atoms with Crippen LogP contribution in [0, 0.1) is 6.92 Å². The molecule has 0 saturated carbocycles. The number of anilines is 1. The van der Waals surface area contributed by atoms with Gasteiger partial charge in [-0.2, -0.15) is 0 Å². The summed E-state index contributed by atoms with van der Waals surface area (Å²) in [6.07, 6.45) is 1.85. The summed E-state index contributed by atoms with van der Waals surface area (Å²) in [5.41, 5.74) is 4.91. The molecule has 8 heteroatoms. The lowest BCUT2D eigenvalue weighted by molar-refractivity contribution is -0.0275. The van der Waals surface area contributed by atoms with Crippen molar-refractivity contribution in [1.29, 1.82) is 0 Å². The molecule has 0 amide bonds. The van der Waals surface area contributed by atoms with E-state index in [9.17, 15) is 0 Å². The van der Waals surface area contributed by atoms with Crippen molar-refractivity contribution in [2.45, 2.75) is 25.9 Å². The first-order chi connectivity index (χ1) is 15.1. The zero-order valence-corrected chi connectivity index (χ0v) is 17.7. The Morgan fingerprint density at radius 1 is 1.03 bits per heavy atom. The Labute approximate surface area is 179 Å². The van der Waals surface area contributed by atoms with E-state index >= 15 is 0 Å². The molecule has 158 valence electrons. The summed E-state index contributed by atoms with van der Waals surface area (Å²) in [5.74, 6) is 1.55. The maximum Gasteiger partial charge on any atom is 0.192 e. The van der Waals surface area contributed by atoms with Crippen LogP contribution in [0.25, 0.3) is 33.5 Å². The molecule has 0 unspecified atom stereocenters. The number of aromatic nitrogens is 4. The molecule has 31 heavy (non-hydrogen) atoms. The Balaban J connectivity index is 1.25. The Kier molecular flexibility index (Phi) is 4.36. The SMILES string of the molecule is Cc1nc2cc(-c3ccc4ncc(N5CC(N6CCOC[C@@H]6C)C5)nc4n3)ccc2o1. The van der Waals surface area contributed by atoms with Gasteiger partial charge in [0.25, 0.3) is 0 Å². The predicted octanol–water partition coefficient (Wildman–Crippen LogP) is 3.05. The van der Waals surface area contributed by atoms with Gasteiger partial charge in [0.2, 0.25) is 0 Å². The minimum Gasteiger partial charge on any atom is -0.441 e.